The van der Waals surface area contributed by atoms with Crippen LogP contribution < -0.4 is 4.90 Å². The number of piperidine rings is 1. The predicted octanol–water partition coefficient (Wildman–Crippen LogP) is 2.04. The maximum absolute atomic E-state index is 13.8. The highest BCUT2D eigenvalue weighted by molar-refractivity contribution is 6.12. The zero-order valence-corrected chi connectivity index (χ0v) is 15.5. The smallest absolute Gasteiger partial charge is 0.256 e. The van der Waals surface area contributed by atoms with Gasteiger partial charge in [-0.3, -0.25) is 14.4 Å². The third-order valence-corrected chi connectivity index (χ3v) is 5.97. The molecule has 0 radical (unpaired) electrons. The summed E-state index contributed by atoms with van der Waals surface area (Å²) in [5, 5.41) is 0. The van der Waals surface area contributed by atoms with Crippen LogP contribution in [0.3, 0.4) is 0 Å². The summed E-state index contributed by atoms with van der Waals surface area (Å²) in [6, 6.07) is 3.28. The van der Waals surface area contributed by atoms with Gasteiger partial charge < -0.3 is 14.7 Å². The molecule has 1 unspecified atom stereocenters. The summed E-state index contributed by atoms with van der Waals surface area (Å²) < 4.78 is 13.8. The molecular weight excluding hydrogens is 349 g/mol. The van der Waals surface area contributed by atoms with Gasteiger partial charge in [0.1, 0.15) is 18.4 Å². The van der Waals surface area contributed by atoms with E-state index in [9.17, 15) is 18.8 Å². The molecule has 7 heteroatoms. The molecule has 3 aliphatic rings. The zero-order valence-electron chi connectivity index (χ0n) is 15.5. The molecule has 1 aromatic rings. The van der Waals surface area contributed by atoms with E-state index in [0.29, 0.717) is 37.7 Å². The molecule has 0 bridgehead atoms. The lowest BCUT2D eigenvalue weighted by Gasteiger charge is -2.33. The van der Waals surface area contributed by atoms with Gasteiger partial charge in [0.25, 0.3) is 5.91 Å². The first-order valence-electron chi connectivity index (χ1n) is 9.65. The van der Waals surface area contributed by atoms with Gasteiger partial charge >= 0.3 is 0 Å². The van der Waals surface area contributed by atoms with Gasteiger partial charge in [0, 0.05) is 19.6 Å². The van der Waals surface area contributed by atoms with E-state index >= 15 is 0 Å². The SMILES string of the molecule is CC1CCN(C(=O)CN2C(=O)C3CCCN3C(=O)c3cc(F)ccc32)CC1. The van der Waals surface area contributed by atoms with Crippen LogP contribution in [0.25, 0.3) is 0 Å². The maximum atomic E-state index is 13.8. The molecular formula is C20H24FN3O3. The Morgan fingerprint density at radius 3 is 2.63 bits per heavy atom. The summed E-state index contributed by atoms with van der Waals surface area (Å²) in [6.07, 6.45) is 3.22. The van der Waals surface area contributed by atoms with Gasteiger partial charge in [-0.1, -0.05) is 6.92 Å². The first-order valence-corrected chi connectivity index (χ1v) is 9.65. The van der Waals surface area contributed by atoms with Gasteiger partial charge in [-0.25, -0.2) is 4.39 Å². The lowest BCUT2D eigenvalue weighted by atomic mass is 9.99. The van der Waals surface area contributed by atoms with Crippen LogP contribution in [-0.2, 0) is 9.59 Å². The molecule has 2 saturated heterocycles. The molecule has 144 valence electrons. The van der Waals surface area contributed by atoms with Crippen molar-refractivity contribution in [3.05, 3.63) is 29.6 Å². The van der Waals surface area contributed by atoms with E-state index in [1.165, 1.54) is 28.0 Å². The number of rotatable bonds is 2. The second-order valence-corrected chi connectivity index (χ2v) is 7.81. The lowest BCUT2D eigenvalue weighted by molar-refractivity contribution is -0.133. The second-order valence-electron chi connectivity index (χ2n) is 7.81. The first-order chi connectivity index (χ1) is 13.0. The van der Waals surface area contributed by atoms with Crippen LogP contribution in [-0.4, -0.2) is 59.7 Å². The minimum Gasteiger partial charge on any atom is -0.341 e. The van der Waals surface area contributed by atoms with Gasteiger partial charge in [-0.2, -0.15) is 0 Å². The second kappa shape index (κ2) is 6.94. The summed E-state index contributed by atoms with van der Waals surface area (Å²) in [4.78, 5) is 43.6. The molecule has 1 aromatic carbocycles. The number of nitrogens with zero attached hydrogens (tertiary/aromatic N) is 3. The van der Waals surface area contributed by atoms with E-state index in [0.717, 1.165) is 19.3 Å². The van der Waals surface area contributed by atoms with E-state index in [2.05, 4.69) is 6.92 Å². The van der Waals surface area contributed by atoms with Crippen molar-refractivity contribution in [1.29, 1.82) is 0 Å². The highest BCUT2D eigenvalue weighted by atomic mass is 19.1. The number of hydrogen-bond acceptors (Lipinski definition) is 3. The van der Waals surface area contributed by atoms with Crippen LogP contribution in [0.2, 0.25) is 0 Å². The molecule has 3 amide bonds. The zero-order chi connectivity index (χ0) is 19.1. The Balaban J connectivity index is 1.66. The average molecular weight is 373 g/mol. The number of fused-ring (bicyclic) bond motifs is 2. The quantitative estimate of drug-likeness (QED) is 0.797. The van der Waals surface area contributed by atoms with E-state index < -0.39 is 11.9 Å². The minimum absolute atomic E-state index is 0.108. The number of carbonyl (C=O) groups excluding carboxylic acids is 3. The van der Waals surface area contributed by atoms with Crippen LogP contribution >= 0.6 is 0 Å². The molecule has 0 spiro atoms. The van der Waals surface area contributed by atoms with Crippen molar-refractivity contribution >= 4 is 23.4 Å². The fourth-order valence-electron chi connectivity index (χ4n) is 4.29. The molecule has 0 saturated carbocycles. The van der Waals surface area contributed by atoms with Gasteiger partial charge in [0.15, 0.2) is 0 Å². The highest BCUT2D eigenvalue weighted by Crippen LogP contribution is 2.33. The fourth-order valence-corrected chi connectivity index (χ4v) is 4.29. The summed E-state index contributed by atoms with van der Waals surface area (Å²) in [6.45, 7) is 3.92. The molecule has 4 rings (SSSR count). The van der Waals surface area contributed by atoms with E-state index in [4.69, 9.17) is 0 Å². The van der Waals surface area contributed by atoms with Gasteiger partial charge in [-0.15, -0.1) is 0 Å². The average Bonchev–Trinajstić information content (AvgIpc) is 3.13. The number of halogens is 1. The Bertz CT molecular complexity index is 789. The van der Waals surface area contributed by atoms with E-state index in [-0.39, 0.29) is 29.8 Å². The van der Waals surface area contributed by atoms with Crippen LogP contribution in [0, 0.1) is 11.7 Å². The van der Waals surface area contributed by atoms with E-state index in [1.54, 1.807) is 4.90 Å². The summed E-state index contributed by atoms with van der Waals surface area (Å²) in [5.74, 6) is -0.623. The minimum atomic E-state index is -0.567. The first kappa shape index (κ1) is 17.9. The number of amides is 3. The monoisotopic (exact) mass is 373 g/mol. The molecule has 0 aromatic heterocycles. The third kappa shape index (κ3) is 3.19. The van der Waals surface area contributed by atoms with Crippen molar-refractivity contribution in [2.24, 2.45) is 5.92 Å². The topological polar surface area (TPSA) is 60.9 Å². The Labute approximate surface area is 157 Å². The predicted molar refractivity (Wildman–Crippen MR) is 97.8 cm³/mol. The Morgan fingerprint density at radius 1 is 1.15 bits per heavy atom. The molecule has 6 nitrogen and oxygen atoms in total. The number of likely N-dealkylation sites (tertiary alicyclic amines) is 1. The number of anilines is 1. The highest BCUT2D eigenvalue weighted by Gasteiger charge is 2.43. The standard InChI is InChI=1S/C20H24FN3O3/c1-13-6-9-22(10-7-13)18(25)12-24-16-5-4-14(21)11-15(16)19(26)23-8-2-3-17(23)20(24)27/h4-5,11,13,17H,2-3,6-10,12H2,1H3. The van der Waals surface area contributed by atoms with Crippen molar-refractivity contribution in [1.82, 2.24) is 9.80 Å². The number of carbonyl (C=O) groups is 3. The van der Waals surface area contributed by atoms with Crippen LogP contribution in [0.1, 0.15) is 43.0 Å². The van der Waals surface area contributed by atoms with Crippen molar-refractivity contribution in [2.45, 2.75) is 38.6 Å². The number of hydrogen-bond donors (Lipinski definition) is 0. The Kier molecular flexibility index (Phi) is 4.61. The van der Waals surface area contributed by atoms with Gasteiger partial charge in [0.2, 0.25) is 11.8 Å². The maximum Gasteiger partial charge on any atom is 0.256 e. The van der Waals surface area contributed by atoms with Crippen molar-refractivity contribution in [2.75, 3.05) is 31.1 Å². The van der Waals surface area contributed by atoms with Gasteiger partial charge in [0.05, 0.1) is 11.3 Å². The fraction of sp³-hybridized carbons (Fsp3) is 0.550. The van der Waals surface area contributed by atoms with Crippen molar-refractivity contribution in [3.63, 3.8) is 0 Å². The van der Waals surface area contributed by atoms with Crippen molar-refractivity contribution in [3.8, 4) is 0 Å². The molecule has 0 aliphatic carbocycles. The third-order valence-electron chi connectivity index (χ3n) is 5.97. The largest absolute Gasteiger partial charge is 0.341 e. The Morgan fingerprint density at radius 2 is 1.89 bits per heavy atom. The lowest BCUT2D eigenvalue weighted by Crippen LogP contribution is -2.49. The molecule has 2 fully saturated rings. The normalized spacial score (nSPS) is 23.3. The van der Waals surface area contributed by atoms with Crippen LogP contribution in [0.4, 0.5) is 10.1 Å². The molecule has 3 heterocycles. The van der Waals surface area contributed by atoms with Crippen molar-refractivity contribution < 1.29 is 18.8 Å². The molecule has 27 heavy (non-hydrogen) atoms. The molecule has 3 aliphatic heterocycles. The molecule has 1 atom stereocenters. The van der Waals surface area contributed by atoms with E-state index in [1.807, 2.05) is 0 Å². The Hall–Kier alpha value is -2.44. The number of benzene rings is 1. The molecule has 0 N–H and O–H groups in total. The summed E-state index contributed by atoms with van der Waals surface area (Å²) >= 11 is 0. The van der Waals surface area contributed by atoms with Gasteiger partial charge in [-0.05, 0) is 49.8 Å². The van der Waals surface area contributed by atoms with Crippen LogP contribution in [0.5, 0.6) is 0 Å². The summed E-state index contributed by atoms with van der Waals surface area (Å²) in [7, 11) is 0. The summed E-state index contributed by atoms with van der Waals surface area (Å²) in [5.41, 5.74) is 0.493. The van der Waals surface area contributed by atoms with Crippen LogP contribution in [0.15, 0.2) is 18.2 Å².